The molecule has 2 unspecified atom stereocenters. The zero-order chi connectivity index (χ0) is 11.0. The van der Waals surface area contributed by atoms with Crippen molar-refractivity contribution in [2.75, 3.05) is 0 Å². The Balaban J connectivity index is 2.07. The first-order valence-corrected chi connectivity index (χ1v) is 6.04. The number of allylic oxidation sites excluding steroid dienone is 4. The Kier molecular flexibility index (Phi) is 2.43. The minimum atomic E-state index is 0.555. The van der Waals surface area contributed by atoms with Crippen LogP contribution >= 0.6 is 0 Å². The number of fused-ring (bicyclic) bond motifs is 1. The van der Waals surface area contributed by atoms with E-state index >= 15 is 0 Å². The van der Waals surface area contributed by atoms with Crippen LogP contribution in [0.3, 0.4) is 0 Å². The third-order valence-corrected chi connectivity index (χ3v) is 3.70. The van der Waals surface area contributed by atoms with E-state index in [1.165, 1.54) is 23.1 Å². The van der Waals surface area contributed by atoms with Crippen LogP contribution in [0.5, 0.6) is 0 Å². The van der Waals surface area contributed by atoms with Crippen LogP contribution in [-0.4, -0.2) is 0 Å². The zero-order valence-corrected chi connectivity index (χ0v) is 9.61. The fourth-order valence-electron chi connectivity index (χ4n) is 2.94. The largest absolute Gasteiger partial charge is 0.0799 e. The van der Waals surface area contributed by atoms with Crippen LogP contribution in [0.15, 0.2) is 48.1 Å². The minimum Gasteiger partial charge on any atom is -0.0799 e. The molecule has 3 rings (SSSR count). The summed E-state index contributed by atoms with van der Waals surface area (Å²) < 4.78 is 0. The number of rotatable bonds is 1. The molecule has 2 aliphatic rings. The molecule has 0 amide bonds. The fraction of sp³-hybridized carbons (Fsp3) is 0.312. The first-order valence-electron chi connectivity index (χ1n) is 6.04. The van der Waals surface area contributed by atoms with Crippen LogP contribution in [0.4, 0.5) is 0 Å². The molecule has 80 valence electrons. The summed E-state index contributed by atoms with van der Waals surface area (Å²) in [7, 11) is 0. The SMILES string of the molecule is CC1=C(c2ccccc2)C2CC[C]C2C=C1. The molecule has 0 heteroatoms. The molecule has 1 fully saturated rings. The molecule has 0 aliphatic heterocycles. The second-order valence-electron chi connectivity index (χ2n) is 4.70. The van der Waals surface area contributed by atoms with E-state index in [9.17, 15) is 0 Å². The lowest BCUT2D eigenvalue weighted by Crippen LogP contribution is -2.12. The normalized spacial score (nSPS) is 28.3. The molecule has 2 atom stereocenters. The molecule has 1 aromatic carbocycles. The van der Waals surface area contributed by atoms with Crippen LogP contribution in [-0.2, 0) is 0 Å². The molecule has 2 aliphatic carbocycles. The Labute approximate surface area is 97.7 Å². The highest BCUT2D eigenvalue weighted by atomic mass is 14.4. The van der Waals surface area contributed by atoms with Gasteiger partial charge >= 0.3 is 0 Å². The maximum atomic E-state index is 3.56. The van der Waals surface area contributed by atoms with Gasteiger partial charge in [0.1, 0.15) is 0 Å². The summed E-state index contributed by atoms with van der Waals surface area (Å²) in [5.74, 6) is 1.23. The second kappa shape index (κ2) is 3.93. The smallest absolute Gasteiger partial charge is 0.00844 e. The zero-order valence-electron chi connectivity index (χ0n) is 9.61. The molecular formula is C16H16. The van der Waals surface area contributed by atoms with E-state index in [0.29, 0.717) is 11.8 Å². The van der Waals surface area contributed by atoms with Crippen molar-refractivity contribution in [3.8, 4) is 0 Å². The van der Waals surface area contributed by atoms with Crippen molar-refractivity contribution in [3.05, 3.63) is 60.0 Å². The molecule has 1 saturated carbocycles. The third kappa shape index (κ3) is 1.53. The summed E-state index contributed by atoms with van der Waals surface area (Å²) in [5, 5.41) is 0. The van der Waals surface area contributed by atoms with Gasteiger partial charge in [0.25, 0.3) is 0 Å². The van der Waals surface area contributed by atoms with E-state index in [1.807, 2.05) is 0 Å². The molecule has 0 aromatic heterocycles. The highest BCUT2D eigenvalue weighted by molar-refractivity contribution is 5.74. The average molecular weight is 208 g/mol. The highest BCUT2D eigenvalue weighted by Gasteiger charge is 2.32. The van der Waals surface area contributed by atoms with Crippen molar-refractivity contribution in [2.24, 2.45) is 11.8 Å². The lowest BCUT2D eigenvalue weighted by molar-refractivity contribution is 0.602. The number of hydrogen-bond donors (Lipinski definition) is 0. The highest BCUT2D eigenvalue weighted by Crippen LogP contribution is 2.45. The first-order chi connectivity index (χ1) is 7.86. The minimum absolute atomic E-state index is 0.555. The summed E-state index contributed by atoms with van der Waals surface area (Å²) in [5.41, 5.74) is 4.36. The van der Waals surface area contributed by atoms with Crippen LogP contribution in [0.1, 0.15) is 25.3 Å². The summed E-state index contributed by atoms with van der Waals surface area (Å²) in [6.07, 6.45) is 10.5. The van der Waals surface area contributed by atoms with Crippen LogP contribution in [0, 0.1) is 18.3 Å². The van der Waals surface area contributed by atoms with E-state index in [1.54, 1.807) is 0 Å². The fourth-order valence-corrected chi connectivity index (χ4v) is 2.94. The summed E-state index contributed by atoms with van der Waals surface area (Å²) in [4.78, 5) is 0. The Morgan fingerprint density at radius 3 is 2.81 bits per heavy atom. The maximum Gasteiger partial charge on any atom is -0.00844 e. The van der Waals surface area contributed by atoms with Gasteiger partial charge in [-0.15, -0.1) is 0 Å². The van der Waals surface area contributed by atoms with Gasteiger partial charge in [-0.05, 0) is 54.7 Å². The van der Waals surface area contributed by atoms with Crippen LogP contribution < -0.4 is 0 Å². The molecule has 0 N–H and O–H groups in total. The third-order valence-electron chi connectivity index (χ3n) is 3.70. The molecule has 16 heavy (non-hydrogen) atoms. The Morgan fingerprint density at radius 1 is 1.19 bits per heavy atom. The van der Waals surface area contributed by atoms with E-state index in [4.69, 9.17) is 0 Å². The topological polar surface area (TPSA) is 0 Å². The van der Waals surface area contributed by atoms with Crippen molar-refractivity contribution < 1.29 is 0 Å². The molecule has 0 nitrogen and oxygen atoms in total. The van der Waals surface area contributed by atoms with E-state index in [2.05, 4.69) is 55.8 Å². The van der Waals surface area contributed by atoms with Crippen molar-refractivity contribution in [3.63, 3.8) is 0 Å². The van der Waals surface area contributed by atoms with Crippen molar-refractivity contribution in [2.45, 2.75) is 19.8 Å². The summed E-state index contributed by atoms with van der Waals surface area (Å²) >= 11 is 0. The van der Waals surface area contributed by atoms with E-state index in [-0.39, 0.29) is 0 Å². The van der Waals surface area contributed by atoms with Crippen LogP contribution in [0.2, 0.25) is 0 Å². The molecule has 0 spiro atoms. The predicted molar refractivity (Wildman–Crippen MR) is 67.6 cm³/mol. The standard InChI is InChI=1S/C16H16/c1-12-10-11-13-8-5-9-15(13)16(12)14-6-3-2-4-7-14/h2-4,6-7,10-11,13,15H,5,9H2,1H3. The molecule has 0 saturated heterocycles. The van der Waals surface area contributed by atoms with Gasteiger partial charge in [0.15, 0.2) is 0 Å². The molecule has 2 radical (unpaired) electrons. The average Bonchev–Trinajstić information content (AvgIpc) is 2.78. The number of hydrogen-bond acceptors (Lipinski definition) is 0. The van der Waals surface area contributed by atoms with Gasteiger partial charge in [-0.3, -0.25) is 0 Å². The number of benzene rings is 1. The molecule has 0 bridgehead atoms. The van der Waals surface area contributed by atoms with Crippen molar-refractivity contribution in [1.29, 1.82) is 0 Å². The Morgan fingerprint density at radius 2 is 2.00 bits per heavy atom. The lowest BCUT2D eigenvalue weighted by atomic mass is 9.78. The Bertz CT molecular complexity index is 436. The van der Waals surface area contributed by atoms with Gasteiger partial charge in [0, 0.05) is 0 Å². The van der Waals surface area contributed by atoms with Crippen molar-refractivity contribution >= 4 is 5.57 Å². The first kappa shape index (κ1) is 9.89. The van der Waals surface area contributed by atoms with E-state index in [0.717, 1.165) is 6.42 Å². The molecule has 1 aromatic rings. The summed E-state index contributed by atoms with van der Waals surface area (Å²) in [6.45, 7) is 2.23. The van der Waals surface area contributed by atoms with Gasteiger partial charge in [-0.1, -0.05) is 42.5 Å². The molecular weight excluding hydrogens is 192 g/mol. The van der Waals surface area contributed by atoms with Crippen LogP contribution in [0.25, 0.3) is 5.57 Å². The summed E-state index contributed by atoms with van der Waals surface area (Å²) in [6, 6.07) is 10.8. The van der Waals surface area contributed by atoms with Crippen molar-refractivity contribution in [1.82, 2.24) is 0 Å². The maximum absolute atomic E-state index is 3.56. The Hall–Kier alpha value is -1.30. The van der Waals surface area contributed by atoms with Gasteiger partial charge in [0.2, 0.25) is 0 Å². The van der Waals surface area contributed by atoms with Gasteiger partial charge < -0.3 is 0 Å². The second-order valence-corrected chi connectivity index (χ2v) is 4.70. The van der Waals surface area contributed by atoms with Gasteiger partial charge in [0.05, 0.1) is 0 Å². The van der Waals surface area contributed by atoms with Gasteiger partial charge in [-0.25, -0.2) is 0 Å². The van der Waals surface area contributed by atoms with Gasteiger partial charge in [-0.2, -0.15) is 0 Å². The quantitative estimate of drug-likeness (QED) is 0.650. The monoisotopic (exact) mass is 208 g/mol. The molecule has 0 heterocycles. The lowest BCUT2D eigenvalue weighted by Gasteiger charge is -2.26. The van der Waals surface area contributed by atoms with E-state index < -0.39 is 0 Å². The predicted octanol–water partition coefficient (Wildman–Crippen LogP) is 4.14.